The Morgan fingerprint density at radius 2 is 1.95 bits per heavy atom. The fourth-order valence-electron chi connectivity index (χ4n) is 1.98. The van der Waals surface area contributed by atoms with E-state index < -0.39 is 12.1 Å². The fourth-order valence-corrected chi connectivity index (χ4v) is 1.98. The molecule has 1 atom stereocenters. The Morgan fingerprint density at radius 1 is 1.40 bits per heavy atom. The average molecular weight is 282 g/mol. The van der Waals surface area contributed by atoms with Crippen molar-refractivity contribution in [3.05, 3.63) is 11.4 Å². The van der Waals surface area contributed by atoms with Gasteiger partial charge in [-0.3, -0.25) is 9.48 Å². The van der Waals surface area contributed by atoms with Gasteiger partial charge in [0, 0.05) is 20.1 Å². The number of nitrogens with zero attached hydrogens (tertiary/aromatic N) is 3. The summed E-state index contributed by atoms with van der Waals surface area (Å²) in [5.41, 5.74) is 6.79. The molecule has 7 nitrogen and oxygen atoms in total. The first-order chi connectivity index (χ1) is 9.33. The van der Waals surface area contributed by atoms with Crippen molar-refractivity contribution in [3.8, 4) is 0 Å². The van der Waals surface area contributed by atoms with Crippen LogP contribution in [-0.4, -0.2) is 45.8 Å². The van der Waals surface area contributed by atoms with Gasteiger partial charge in [0.25, 0.3) is 5.91 Å². The lowest BCUT2D eigenvalue weighted by Crippen LogP contribution is -2.40. The highest BCUT2D eigenvalue weighted by Gasteiger charge is 2.26. The van der Waals surface area contributed by atoms with Crippen LogP contribution in [0, 0.1) is 6.92 Å². The van der Waals surface area contributed by atoms with Gasteiger partial charge in [-0.15, -0.1) is 0 Å². The van der Waals surface area contributed by atoms with Crippen molar-refractivity contribution in [2.24, 2.45) is 7.05 Å². The van der Waals surface area contributed by atoms with E-state index in [9.17, 15) is 9.59 Å². The number of esters is 1. The Morgan fingerprint density at radius 3 is 2.35 bits per heavy atom. The number of aryl methyl sites for hydroxylation is 2. The van der Waals surface area contributed by atoms with Gasteiger partial charge < -0.3 is 15.4 Å². The fraction of sp³-hybridized carbons (Fsp3) is 0.615. The smallest absolute Gasteiger partial charge is 0.359 e. The summed E-state index contributed by atoms with van der Waals surface area (Å²) in [7, 11) is 1.61. The molecular formula is C13H22N4O3. The van der Waals surface area contributed by atoms with Crippen LogP contribution in [0.3, 0.4) is 0 Å². The first-order valence-electron chi connectivity index (χ1n) is 6.62. The highest BCUT2D eigenvalue weighted by Crippen LogP contribution is 2.17. The van der Waals surface area contributed by atoms with Crippen LogP contribution in [0.4, 0.5) is 5.69 Å². The quantitative estimate of drug-likeness (QED) is 0.804. The SMILES string of the molecule is CCN(CC)C(=O)C(C)OC(=O)c1c(N)c(C)nn1C. The zero-order valence-electron chi connectivity index (χ0n) is 12.6. The van der Waals surface area contributed by atoms with Gasteiger partial charge in [0.2, 0.25) is 0 Å². The van der Waals surface area contributed by atoms with E-state index in [-0.39, 0.29) is 17.3 Å². The molecule has 2 N–H and O–H groups in total. The van der Waals surface area contributed by atoms with Gasteiger partial charge in [-0.25, -0.2) is 4.79 Å². The molecule has 0 aliphatic carbocycles. The molecule has 1 unspecified atom stereocenters. The minimum Gasteiger partial charge on any atom is -0.448 e. The van der Waals surface area contributed by atoms with Crippen LogP contribution in [0.1, 0.15) is 37.0 Å². The van der Waals surface area contributed by atoms with Crippen LogP contribution in [-0.2, 0) is 16.6 Å². The molecule has 112 valence electrons. The van der Waals surface area contributed by atoms with Crippen molar-refractivity contribution in [1.82, 2.24) is 14.7 Å². The molecule has 20 heavy (non-hydrogen) atoms. The Balaban J connectivity index is 2.83. The molecule has 1 aromatic heterocycles. The number of carbonyl (C=O) groups is 2. The van der Waals surface area contributed by atoms with Crippen LogP contribution in [0.5, 0.6) is 0 Å². The zero-order chi connectivity index (χ0) is 15.4. The van der Waals surface area contributed by atoms with Crippen molar-refractivity contribution in [2.45, 2.75) is 33.8 Å². The van der Waals surface area contributed by atoms with Gasteiger partial charge in [0.15, 0.2) is 11.8 Å². The number of amides is 1. The van der Waals surface area contributed by atoms with Crippen molar-refractivity contribution in [2.75, 3.05) is 18.8 Å². The molecule has 0 spiro atoms. The monoisotopic (exact) mass is 282 g/mol. The van der Waals surface area contributed by atoms with E-state index >= 15 is 0 Å². The van der Waals surface area contributed by atoms with Crippen molar-refractivity contribution in [3.63, 3.8) is 0 Å². The lowest BCUT2D eigenvalue weighted by atomic mass is 10.3. The van der Waals surface area contributed by atoms with E-state index in [1.807, 2.05) is 13.8 Å². The molecule has 1 heterocycles. The van der Waals surface area contributed by atoms with Crippen LogP contribution in [0.25, 0.3) is 0 Å². The van der Waals surface area contributed by atoms with Gasteiger partial charge in [-0.1, -0.05) is 0 Å². The number of hydrogen-bond acceptors (Lipinski definition) is 5. The number of hydrogen-bond donors (Lipinski definition) is 1. The highest BCUT2D eigenvalue weighted by atomic mass is 16.5. The number of nitrogens with two attached hydrogens (primary N) is 1. The number of nitrogen functional groups attached to an aromatic ring is 1. The van der Waals surface area contributed by atoms with E-state index in [1.165, 1.54) is 4.68 Å². The number of ether oxygens (including phenoxy) is 1. The molecule has 0 aliphatic heterocycles. The van der Waals surface area contributed by atoms with E-state index in [4.69, 9.17) is 10.5 Å². The molecule has 0 saturated heterocycles. The van der Waals surface area contributed by atoms with Gasteiger partial charge >= 0.3 is 5.97 Å². The highest BCUT2D eigenvalue weighted by molar-refractivity contribution is 5.95. The molecule has 1 aromatic rings. The Labute approximate surface area is 118 Å². The van der Waals surface area contributed by atoms with E-state index in [2.05, 4.69) is 5.10 Å². The van der Waals surface area contributed by atoms with Crippen LogP contribution in [0.2, 0.25) is 0 Å². The molecular weight excluding hydrogens is 260 g/mol. The summed E-state index contributed by atoms with van der Waals surface area (Å²) in [6.07, 6.45) is -0.850. The van der Waals surface area contributed by atoms with Gasteiger partial charge in [0.05, 0.1) is 11.4 Å². The maximum Gasteiger partial charge on any atom is 0.359 e. The zero-order valence-corrected chi connectivity index (χ0v) is 12.6. The maximum atomic E-state index is 12.1. The van der Waals surface area contributed by atoms with E-state index in [1.54, 1.807) is 25.8 Å². The summed E-state index contributed by atoms with van der Waals surface area (Å²) in [4.78, 5) is 25.7. The second kappa shape index (κ2) is 6.40. The maximum absolute atomic E-state index is 12.1. The summed E-state index contributed by atoms with van der Waals surface area (Å²) in [5.74, 6) is -0.862. The molecule has 0 fully saturated rings. The van der Waals surface area contributed by atoms with Crippen molar-refractivity contribution < 1.29 is 14.3 Å². The third-order valence-electron chi connectivity index (χ3n) is 3.17. The van der Waals surface area contributed by atoms with E-state index in [0.29, 0.717) is 18.8 Å². The summed E-state index contributed by atoms with van der Waals surface area (Å²) in [6.45, 7) is 8.15. The summed E-state index contributed by atoms with van der Waals surface area (Å²) >= 11 is 0. The second-order valence-corrected chi connectivity index (χ2v) is 4.53. The number of anilines is 1. The van der Waals surface area contributed by atoms with Crippen LogP contribution >= 0.6 is 0 Å². The third kappa shape index (κ3) is 3.09. The number of carbonyl (C=O) groups excluding carboxylic acids is 2. The molecule has 1 amide bonds. The minimum atomic E-state index is -0.850. The number of likely N-dealkylation sites (N-methyl/N-ethyl adjacent to an activating group) is 1. The Hall–Kier alpha value is -2.05. The summed E-state index contributed by atoms with van der Waals surface area (Å²) in [5, 5.41) is 4.05. The van der Waals surface area contributed by atoms with Crippen molar-refractivity contribution in [1.29, 1.82) is 0 Å². The first kappa shape index (κ1) is 16.0. The Kier molecular flexibility index (Phi) is 5.12. The van der Waals surface area contributed by atoms with Crippen LogP contribution in [0.15, 0.2) is 0 Å². The van der Waals surface area contributed by atoms with Gasteiger partial charge in [-0.2, -0.15) is 5.10 Å². The van der Waals surface area contributed by atoms with Gasteiger partial charge in [-0.05, 0) is 27.7 Å². The predicted molar refractivity (Wildman–Crippen MR) is 75.2 cm³/mol. The third-order valence-corrected chi connectivity index (χ3v) is 3.17. The normalized spacial score (nSPS) is 12.1. The molecule has 0 saturated carbocycles. The lowest BCUT2D eigenvalue weighted by Gasteiger charge is -2.22. The molecule has 0 aliphatic rings. The summed E-state index contributed by atoms with van der Waals surface area (Å²) < 4.78 is 6.55. The lowest BCUT2D eigenvalue weighted by molar-refractivity contribution is -0.139. The van der Waals surface area contributed by atoms with Gasteiger partial charge in [0.1, 0.15) is 0 Å². The summed E-state index contributed by atoms with van der Waals surface area (Å²) in [6, 6.07) is 0. The van der Waals surface area contributed by atoms with E-state index in [0.717, 1.165) is 0 Å². The van der Waals surface area contributed by atoms with Crippen molar-refractivity contribution >= 4 is 17.6 Å². The Bertz CT molecular complexity index is 506. The first-order valence-corrected chi connectivity index (χ1v) is 6.62. The molecule has 0 aromatic carbocycles. The second-order valence-electron chi connectivity index (χ2n) is 4.53. The molecule has 0 radical (unpaired) electrons. The minimum absolute atomic E-state index is 0.168. The number of rotatable bonds is 5. The number of aromatic nitrogens is 2. The predicted octanol–water partition coefficient (Wildman–Crippen LogP) is 0.724. The molecule has 0 bridgehead atoms. The molecule has 7 heteroatoms. The average Bonchev–Trinajstić information content (AvgIpc) is 2.64. The largest absolute Gasteiger partial charge is 0.448 e. The topological polar surface area (TPSA) is 90.4 Å². The standard InChI is InChI=1S/C13H22N4O3/c1-6-17(7-2)12(18)9(4)20-13(19)11-10(14)8(3)15-16(11)5/h9H,6-7,14H2,1-5H3. The molecule has 1 rings (SSSR count). The van der Waals surface area contributed by atoms with Crippen LogP contribution < -0.4 is 5.73 Å².